The van der Waals surface area contributed by atoms with Crippen LogP contribution in [-0.2, 0) is 26.5 Å². The normalized spacial score (nSPS) is 17.0. The van der Waals surface area contributed by atoms with Gasteiger partial charge < -0.3 is 4.42 Å². The van der Waals surface area contributed by atoms with Crippen molar-refractivity contribution in [2.45, 2.75) is 44.9 Å². The van der Waals surface area contributed by atoms with E-state index >= 15 is 0 Å². The van der Waals surface area contributed by atoms with E-state index in [9.17, 15) is 0 Å². The molecule has 1 aromatic heterocycles. The van der Waals surface area contributed by atoms with E-state index in [4.69, 9.17) is 4.42 Å². The van der Waals surface area contributed by atoms with Gasteiger partial charge in [-0.2, -0.15) is 5.56 Å². The van der Waals surface area contributed by atoms with Gasteiger partial charge in [0.2, 0.25) is 0 Å². The molecule has 1 atom stereocenters. The van der Waals surface area contributed by atoms with Crippen LogP contribution in [0.2, 0.25) is 0 Å². The minimum atomic E-state index is -0.422. The molecule has 2 aliphatic carbocycles. The van der Waals surface area contributed by atoms with Crippen molar-refractivity contribution >= 4 is 0 Å². The van der Waals surface area contributed by atoms with Gasteiger partial charge in [-0.15, -0.1) is 0 Å². The minimum Gasteiger partial charge on any atom is -0.568 e. The molecule has 1 nitrogen and oxygen atoms in total. The summed E-state index contributed by atoms with van der Waals surface area (Å²) < 4.78 is 6.80. The van der Waals surface area contributed by atoms with Gasteiger partial charge >= 0.3 is 0 Å². The summed E-state index contributed by atoms with van der Waals surface area (Å²) in [4.78, 5) is 0. The third-order valence-corrected chi connectivity index (χ3v) is 7.21. The molecule has 1 spiro atoms. The van der Waals surface area contributed by atoms with Crippen LogP contribution in [0.4, 0.5) is 0 Å². The van der Waals surface area contributed by atoms with Gasteiger partial charge in [-0.3, -0.25) is 0 Å². The van der Waals surface area contributed by atoms with Crippen molar-refractivity contribution in [1.29, 1.82) is 0 Å². The van der Waals surface area contributed by atoms with Crippen LogP contribution >= 0.6 is 0 Å². The maximum atomic E-state index is 6.80. The van der Waals surface area contributed by atoms with Crippen molar-refractivity contribution in [3.05, 3.63) is 118 Å². The summed E-state index contributed by atoms with van der Waals surface area (Å²) >= 11 is 0. The Morgan fingerprint density at radius 2 is 1.28 bits per heavy atom. The van der Waals surface area contributed by atoms with Crippen LogP contribution in [0.1, 0.15) is 78.9 Å². The average Bonchev–Trinajstić information content (AvgIpc) is 3.34. The zero-order valence-electron chi connectivity index (χ0n) is 18.9. The van der Waals surface area contributed by atoms with Crippen LogP contribution in [-0.4, -0.2) is 0 Å². The molecule has 0 saturated carbocycles. The topological polar surface area (TPSA) is 13.1 Å². The molecule has 0 saturated heterocycles. The fourth-order valence-corrected chi connectivity index (χ4v) is 5.99. The van der Waals surface area contributed by atoms with Crippen molar-refractivity contribution < 1.29 is 25.5 Å². The molecule has 0 fully saturated rings. The molecule has 2 heteroatoms. The van der Waals surface area contributed by atoms with Crippen LogP contribution in [0.3, 0.4) is 0 Å². The number of hydrogen-bond donors (Lipinski definition) is 0. The van der Waals surface area contributed by atoms with E-state index in [-0.39, 0.29) is 27.0 Å². The Balaban J connectivity index is 0.00000216. The van der Waals surface area contributed by atoms with Crippen molar-refractivity contribution in [2.75, 3.05) is 0 Å². The molecule has 0 amide bonds. The number of fused-ring (bicyclic) bond motifs is 9. The number of hydrogen-bond acceptors (Lipinski definition) is 1. The monoisotopic (exact) mass is 598 g/mol. The zero-order valence-corrected chi connectivity index (χ0v) is 21.2. The van der Waals surface area contributed by atoms with Crippen LogP contribution < -0.4 is 0 Å². The molecular weight excluding hydrogens is 571 g/mol. The molecule has 4 aromatic rings. The Bertz CT molecular complexity index is 1260. The quantitative estimate of drug-likeness (QED) is 0.190. The fourth-order valence-electron chi connectivity index (χ4n) is 5.99. The van der Waals surface area contributed by atoms with Gasteiger partial charge in [0.25, 0.3) is 0 Å². The number of furan rings is 1. The van der Waals surface area contributed by atoms with Crippen LogP contribution in [0, 0.1) is 12.0 Å². The summed E-state index contributed by atoms with van der Waals surface area (Å²) in [6.45, 7) is 9.02. The molecule has 1 unspecified atom stereocenters. The summed E-state index contributed by atoms with van der Waals surface area (Å²) in [5.74, 6) is 3.08. The van der Waals surface area contributed by atoms with E-state index < -0.39 is 5.41 Å². The molecule has 164 valence electrons. The van der Waals surface area contributed by atoms with Crippen molar-refractivity contribution in [3.63, 3.8) is 0 Å². The Kier molecular flexibility index (Phi) is 5.10. The molecule has 0 radical (unpaired) electrons. The van der Waals surface area contributed by atoms with Gasteiger partial charge in [-0.1, -0.05) is 100 Å². The Labute approximate surface area is 205 Å². The second-order valence-electron chi connectivity index (χ2n) is 9.64. The van der Waals surface area contributed by atoms with E-state index in [2.05, 4.69) is 107 Å². The summed E-state index contributed by atoms with van der Waals surface area (Å²) in [5.41, 5.74) is 8.85. The van der Waals surface area contributed by atoms with E-state index in [1.54, 1.807) is 0 Å². The first-order valence-corrected chi connectivity index (χ1v) is 11.4. The third-order valence-electron chi connectivity index (χ3n) is 7.21. The van der Waals surface area contributed by atoms with Gasteiger partial charge in [0, 0.05) is 26.5 Å². The maximum absolute atomic E-state index is 6.80. The maximum Gasteiger partial charge on any atom is 0.0376 e. The second-order valence-corrected chi connectivity index (χ2v) is 9.64. The molecule has 6 rings (SSSR count). The largest absolute Gasteiger partial charge is 0.568 e. The van der Waals surface area contributed by atoms with Crippen molar-refractivity contribution in [2.24, 2.45) is 5.92 Å². The molecule has 0 N–H and O–H groups in total. The summed E-state index contributed by atoms with van der Waals surface area (Å²) in [6.07, 6.45) is 0. The standard InChI is InChI=1S/C30H27O.Pt/c1-18(2)27-17-23-28(19(3)4)22-13-7-10-16-26(22)30(29(23)31-27)24-14-8-5-11-20(24)21-12-6-9-15-25(21)30;/h5-16,18-19,28H,1-4H3;/q-1;. The summed E-state index contributed by atoms with van der Waals surface area (Å²) in [5, 5.41) is 0. The summed E-state index contributed by atoms with van der Waals surface area (Å²) in [6, 6.07) is 30.5. The number of benzene rings is 3. The van der Waals surface area contributed by atoms with Gasteiger partial charge in [0.05, 0.1) is 0 Å². The molecule has 0 aliphatic heterocycles. The van der Waals surface area contributed by atoms with Gasteiger partial charge in [0.15, 0.2) is 0 Å². The van der Waals surface area contributed by atoms with Crippen LogP contribution in [0.15, 0.2) is 77.2 Å². The molecular formula is C30H27OPt-. The Morgan fingerprint density at radius 1 is 0.750 bits per heavy atom. The molecule has 3 aromatic carbocycles. The fraction of sp³-hybridized carbons (Fsp3) is 0.267. The molecule has 0 bridgehead atoms. The molecule has 1 heterocycles. The predicted molar refractivity (Wildman–Crippen MR) is 126 cm³/mol. The Morgan fingerprint density at radius 3 is 1.84 bits per heavy atom. The van der Waals surface area contributed by atoms with Gasteiger partial charge in [0.1, 0.15) is 0 Å². The van der Waals surface area contributed by atoms with Gasteiger partial charge in [-0.25, -0.2) is 6.07 Å². The first kappa shape index (κ1) is 21.5. The van der Waals surface area contributed by atoms with E-state index in [1.165, 1.54) is 38.9 Å². The Hall–Kier alpha value is -2.37. The van der Waals surface area contributed by atoms with Crippen molar-refractivity contribution in [3.8, 4) is 11.1 Å². The first-order chi connectivity index (χ1) is 15.0. The van der Waals surface area contributed by atoms with E-state index in [0.717, 1.165) is 11.5 Å². The second kappa shape index (κ2) is 7.60. The number of rotatable bonds is 2. The van der Waals surface area contributed by atoms with Crippen molar-refractivity contribution in [1.82, 2.24) is 0 Å². The smallest absolute Gasteiger partial charge is 0.0376 e. The molecule has 2 aliphatic rings. The van der Waals surface area contributed by atoms with Gasteiger partial charge in [-0.05, 0) is 62.7 Å². The average molecular weight is 599 g/mol. The van der Waals surface area contributed by atoms with Crippen LogP contribution in [0.25, 0.3) is 11.1 Å². The van der Waals surface area contributed by atoms with Crippen LogP contribution in [0.5, 0.6) is 0 Å². The predicted octanol–water partition coefficient (Wildman–Crippen LogP) is 7.67. The van der Waals surface area contributed by atoms with E-state index in [1.807, 2.05) is 0 Å². The third kappa shape index (κ3) is 2.61. The molecule has 32 heavy (non-hydrogen) atoms. The zero-order chi connectivity index (χ0) is 21.3. The first-order valence-electron chi connectivity index (χ1n) is 11.4. The summed E-state index contributed by atoms with van der Waals surface area (Å²) in [7, 11) is 0. The van der Waals surface area contributed by atoms with E-state index in [0.29, 0.717) is 11.8 Å². The SMILES string of the molecule is CC(C)c1[c-]c2c(o1)C1(c3ccccc3-c3ccccc31)c1ccccc1C2C(C)C.[Pt]. The minimum absolute atomic E-state index is 0.